The third-order valence-corrected chi connectivity index (χ3v) is 22.4. The highest BCUT2D eigenvalue weighted by Gasteiger charge is 2.27. The first-order valence-corrected chi connectivity index (χ1v) is 39.9. The van der Waals surface area contributed by atoms with E-state index in [9.17, 15) is 27.6 Å². The zero-order valence-electron chi connectivity index (χ0n) is 66.3. The van der Waals surface area contributed by atoms with Crippen molar-refractivity contribution < 1.29 is 27.6 Å². The molecule has 12 aromatic rings. The van der Waals surface area contributed by atoms with Crippen molar-refractivity contribution in [3.63, 3.8) is 0 Å². The number of hydrogen-bond donors (Lipinski definition) is 11. The van der Waals surface area contributed by atoms with Gasteiger partial charge in [0.05, 0.1) is 117 Å². The highest BCUT2D eigenvalue weighted by molar-refractivity contribution is 7.90. The molecule has 0 fully saturated rings. The predicted octanol–water partition coefficient (Wildman–Crippen LogP) is 10.1. The Labute approximate surface area is 674 Å². The number of fused-ring (bicyclic) bond motifs is 6. The minimum absolute atomic E-state index is 0.0435. The third-order valence-electron chi connectivity index (χ3n) is 21.0. The van der Waals surface area contributed by atoms with Crippen LogP contribution >= 0.6 is 0 Å². The smallest absolute Gasteiger partial charge is 0.316 e. The first-order chi connectivity index (χ1) is 56.2. The summed E-state index contributed by atoms with van der Waals surface area (Å²) in [5.74, 6) is 0.00105. The molecule has 12 heterocycles. The lowest BCUT2D eigenvalue weighted by Crippen LogP contribution is -2.29. The molecule has 5 amide bonds. The van der Waals surface area contributed by atoms with Crippen LogP contribution in [-0.2, 0) is 102 Å². The molecule has 0 bridgehead atoms. The molecule has 0 spiro atoms. The van der Waals surface area contributed by atoms with Crippen molar-refractivity contribution >= 4 is 103 Å². The van der Waals surface area contributed by atoms with Gasteiger partial charge in [-0.1, -0.05) is 36.4 Å². The second-order valence-electron chi connectivity index (χ2n) is 29.1. The molecule has 6 aliphatic rings. The number of urea groups is 1. The first kappa shape index (κ1) is 80.6. The number of H-pyrrole nitrogens is 6. The monoisotopic (exact) mass is 1590 g/mol. The molecule has 0 radical (unpaired) electrons. The molecule has 6 aromatic carbocycles. The summed E-state index contributed by atoms with van der Waals surface area (Å²) in [7, 11) is 5.04. The summed E-state index contributed by atoms with van der Waals surface area (Å²) in [4.78, 5) is 104. The van der Waals surface area contributed by atoms with E-state index in [0.717, 1.165) is 196 Å². The van der Waals surface area contributed by atoms with Crippen LogP contribution in [0, 0.1) is 0 Å². The van der Waals surface area contributed by atoms with Crippen molar-refractivity contribution in [1.82, 2.24) is 64.1 Å². The van der Waals surface area contributed by atoms with Crippen molar-refractivity contribution in [2.45, 2.75) is 91.6 Å². The van der Waals surface area contributed by atoms with Crippen LogP contribution in [-0.4, -0.2) is 171 Å². The van der Waals surface area contributed by atoms with Gasteiger partial charge in [0.15, 0.2) is 0 Å². The Hall–Kier alpha value is -13.4. The average Bonchev–Trinajstić information content (AvgIpc) is 1.70. The van der Waals surface area contributed by atoms with Gasteiger partial charge >= 0.3 is 16.2 Å². The minimum Gasteiger partial charge on any atom is -0.388 e. The van der Waals surface area contributed by atoms with E-state index in [0.29, 0.717) is 5.69 Å². The maximum atomic E-state index is 11.9. The van der Waals surface area contributed by atoms with Gasteiger partial charge in [0.2, 0.25) is 18.2 Å². The number of primary amides is 1. The Bertz CT molecular complexity index is 5240. The molecular weight excluding hydrogens is 1490 g/mol. The molecule has 0 saturated heterocycles. The molecule has 33 heteroatoms. The molecule has 6 aliphatic heterocycles. The Morgan fingerprint density at radius 2 is 0.698 bits per heavy atom. The van der Waals surface area contributed by atoms with E-state index in [1.165, 1.54) is 82.8 Å². The quantitative estimate of drug-likeness (QED) is 0.0298. The lowest BCUT2D eigenvalue weighted by Gasteiger charge is -2.21. The Morgan fingerprint density at radius 1 is 0.414 bits per heavy atom. The van der Waals surface area contributed by atoms with Crippen LogP contribution in [0.5, 0.6) is 0 Å². The minimum atomic E-state index is -3.49. The van der Waals surface area contributed by atoms with Crippen molar-refractivity contribution in [3.8, 4) is 0 Å². The van der Waals surface area contributed by atoms with Crippen LogP contribution in [0.1, 0.15) is 81.4 Å². The summed E-state index contributed by atoms with van der Waals surface area (Å²) in [6.07, 6.45) is 28.3. The summed E-state index contributed by atoms with van der Waals surface area (Å²) in [6.45, 7) is 13.9. The number of aromatic amines is 6. The molecule has 0 saturated carbocycles. The molecule has 116 heavy (non-hydrogen) atoms. The summed E-state index contributed by atoms with van der Waals surface area (Å²) >= 11 is 0. The second kappa shape index (κ2) is 37.5. The number of nitrogens with zero attached hydrogens (tertiary/aromatic N) is 15. The molecule has 6 aromatic heterocycles. The first-order valence-electron chi connectivity index (χ1n) is 38.4. The zero-order valence-corrected chi connectivity index (χ0v) is 67.1. The van der Waals surface area contributed by atoms with Crippen LogP contribution in [0.25, 0.3) is 0 Å². The fourth-order valence-electron chi connectivity index (χ4n) is 14.7. The lowest BCUT2D eigenvalue weighted by molar-refractivity contribution is -0.116. The van der Waals surface area contributed by atoms with Gasteiger partial charge in [-0.05, 0) is 145 Å². The van der Waals surface area contributed by atoms with Crippen LogP contribution in [0.3, 0.4) is 0 Å². The summed E-state index contributed by atoms with van der Waals surface area (Å²) < 4.78 is 27.6. The highest BCUT2D eigenvalue weighted by atomic mass is 32.2. The van der Waals surface area contributed by atoms with Gasteiger partial charge in [-0.2, -0.15) is 12.7 Å². The molecule has 32 nitrogen and oxygen atoms in total. The van der Waals surface area contributed by atoms with Gasteiger partial charge in [0, 0.05) is 188 Å². The van der Waals surface area contributed by atoms with Crippen molar-refractivity contribution in [3.05, 3.63) is 252 Å². The van der Waals surface area contributed by atoms with Crippen molar-refractivity contribution in [1.29, 1.82) is 0 Å². The molecule has 604 valence electrons. The van der Waals surface area contributed by atoms with Crippen molar-refractivity contribution in [2.75, 3.05) is 134 Å². The number of imidazole rings is 6. The van der Waals surface area contributed by atoms with Gasteiger partial charge in [-0.3, -0.25) is 19.1 Å². The van der Waals surface area contributed by atoms with E-state index < -0.39 is 16.2 Å². The van der Waals surface area contributed by atoms with Gasteiger partial charge in [-0.15, -0.1) is 0 Å². The summed E-state index contributed by atoms with van der Waals surface area (Å²) in [6, 6.07) is 36.1. The van der Waals surface area contributed by atoms with Crippen LogP contribution in [0.15, 0.2) is 184 Å². The number of amides is 5. The van der Waals surface area contributed by atoms with Gasteiger partial charge in [0.1, 0.15) is 0 Å². The second-order valence-corrected chi connectivity index (χ2v) is 31.0. The average molecular weight is 1590 g/mol. The van der Waals surface area contributed by atoms with E-state index in [1.807, 2.05) is 92.6 Å². The number of hydrogen-bond acceptors (Lipinski definition) is 19. The Morgan fingerprint density at radius 3 is 0.991 bits per heavy atom. The SMILES string of the molecule is CC(=O)N(C)c1ccc2c(c1)N(Cc1cnc[nH]1)CC2.CC(=O)Nc1ccc2c(c1)N(Cc1cnc[nH]1)CC2.CN(C)S(=O)(=O)Nc1ccc2c(c1)N(Cc1cnc[nH]1)CC2.CN(C=O)c1ccc2c(c1)N(Cc1cnc[nH]1)CC2.CNc1ccc2c(c1)N(Cc1cnc[nH]1)CC2.NC(=O)Nc1ccc2c(c1)N(Cc1cnc[nH]1)CC2. The zero-order chi connectivity index (χ0) is 81.2. The van der Waals surface area contributed by atoms with Gasteiger partial charge in [0.25, 0.3) is 0 Å². The number of nitrogens with one attached hydrogen (secondary N) is 10. The fraction of sp³-hybridized carbons (Fsp3) is 0.301. The maximum absolute atomic E-state index is 11.9. The largest absolute Gasteiger partial charge is 0.388 e. The molecule has 0 atom stereocenters. The van der Waals surface area contributed by atoms with E-state index in [4.69, 9.17) is 5.73 Å². The highest BCUT2D eigenvalue weighted by Crippen LogP contribution is 2.38. The number of carbonyl (C=O) groups is 4. The fourth-order valence-corrected chi connectivity index (χ4v) is 15.3. The molecule has 12 N–H and O–H groups in total. The summed E-state index contributed by atoms with van der Waals surface area (Å²) in [5, 5.41) is 8.62. The van der Waals surface area contributed by atoms with E-state index in [2.05, 4.69) is 158 Å². The third kappa shape index (κ3) is 20.7. The molecule has 0 aliphatic carbocycles. The lowest BCUT2D eigenvalue weighted by atomic mass is 10.1. The normalized spacial score (nSPS) is 13.7. The van der Waals surface area contributed by atoms with Gasteiger partial charge < -0.3 is 90.8 Å². The standard InChI is InChI=1S/C15H18N4O.C14H19N5O2S.2C14H16N4O.C13H15N5O.C13H16N4/c1-11(20)18(2)14-4-3-12-5-6-19(15(12)7-14)9-13-8-16-10-17-13;1-18(2)22(20,21)17-12-4-3-11-5-6-19(14(11)7-12)9-13-8-15-10-16-13;1-17(10-19)13-3-2-11-4-5-18(14(11)6-13)8-12-7-15-9-16-12;1-10(19)17-12-3-2-11-4-5-18(14(11)6-12)8-13-7-15-9-16-13;14-13(19)17-10-2-1-9-3-4-18(12(9)5-10)7-11-6-15-8-16-11;1-14-11-3-2-10-4-5-17(13(10)6-11)8-12-7-15-9-16-12/h3-4,7-8,10H,5-6,9H2,1-2H3,(H,16,17);3-4,7-8,10,17H,5-6,9H2,1-2H3,(H,15,16);2-3,6-7,9-10H,4-5,8H2,1H3,(H,15,16);2-3,6-7,9H,4-5,8H2,1H3,(H,15,16)(H,17,19);1-2,5-6,8H,3-4,7H2,(H,15,16)(H3,14,17,19);2-3,6-7,9,14H,4-5,8H2,1H3,(H,15,16). The Balaban J connectivity index is 0.000000121. The number of aromatic nitrogens is 12. The molecule has 0 unspecified atom stereocenters. The topological polar surface area (TPSA) is 378 Å². The number of benzene rings is 6. The predicted molar refractivity (Wildman–Crippen MR) is 456 cm³/mol. The number of anilines is 12. The molecular formula is C83H100N26O6S. The number of nitrogens with two attached hydrogens (primary N) is 1. The van der Waals surface area contributed by atoms with E-state index >= 15 is 0 Å². The van der Waals surface area contributed by atoms with E-state index in [1.54, 1.807) is 81.0 Å². The summed E-state index contributed by atoms with van der Waals surface area (Å²) in [5.41, 5.74) is 32.0. The molecule has 18 rings (SSSR count). The van der Waals surface area contributed by atoms with Crippen LogP contribution < -0.4 is 65.6 Å². The Kier molecular flexibility index (Phi) is 26.0. The van der Waals surface area contributed by atoms with E-state index in [-0.39, 0.29) is 11.8 Å². The van der Waals surface area contributed by atoms with Crippen LogP contribution in [0.4, 0.5) is 73.0 Å². The maximum Gasteiger partial charge on any atom is 0.316 e. The number of carbonyl (C=O) groups excluding carboxylic acids is 4. The number of rotatable bonds is 21. The van der Waals surface area contributed by atoms with Crippen LogP contribution in [0.2, 0.25) is 0 Å². The van der Waals surface area contributed by atoms with Crippen molar-refractivity contribution in [2.24, 2.45) is 5.73 Å². The van der Waals surface area contributed by atoms with Gasteiger partial charge in [-0.25, -0.2) is 34.7 Å².